The molecule has 3 aromatic rings. The molecular weight excluding hydrogens is 434 g/mol. The smallest absolute Gasteiger partial charge is 0.128 e. The summed E-state index contributed by atoms with van der Waals surface area (Å²) in [5.74, 6) is 1.59. The lowest BCUT2D eigenvalue weighted by Crippen LogP contribution is -2.60. The van der Waals surface area contributed by atoms with Gasteiger partial charge in [-0.1, -0.05) is 6.07 Å². The molecule has 35 heavy (non-hydrogen) atoms. The van der Waals surface area contributed by atoms with E-state index in [-0.39, 0.29) is 6.04 Å². The van der Waals surface area contributed by atoms with Crippen molar-refractivity contribution in [2.75, 3.05) is 42.5 Å². The first-order chi connectivity index (χ1) is 17.1. The number of anilines is 2. The monoisotopic (exact) mass is 467 g/mol. The van der Waals surface area contributed by atoms with Crippen molar-refractivity contribution in [2.24, 2.45) is 5.73 Å². The summed E-state index contributed by atoms with van der Waals surface area (Å²) >= 11 is 0. The molecule has 7 heteroatoms. The molecule has 3 saturated heterocycles. The van der Waals surface area contributed by atoms with Crippen LogP contribution in [0.25, 0.3) is 10.9 Å². The number of fused-ring (bicyclic) bond motifs is 2. The van der Waals surface area contributed by atoms with Crippen molar-refractivity contribution in [3.63, 3.8) is 0 Å². The van der Waals surface area contributed by atoms with Crippen LogP contribution in [0.2, 0.25) is 0 Å². The fraction of sp³-hybridized carbons (Fsp3) is 0.464. The lowest BCUT2D eigenvalue weighted by Gasteiger charge is -2.50. The maximum Gasteiger partial charge on any atom is 0.128 e. The van der Waals surface area contributed by atoms with E-state index in [9.17, 15) is 5.26 Å². The second-order valence-corrected chi connectivity index (χ2v) is 10.5. The lowest BCUT2D eigenvalue weighted by molar-refractivity contribution is 0.0765. The van der Waals surface area contributed by atoms with Crippen molar-refractivity contribution in [1.29, 1.82) is 5.26 Å². The van der Waals surface area contributed by atoms with Gasteiger partial charge in [-0.2, -0.15) is 5.26 Å². The van der Waals surface area contributed by atoms with Gasteiger partial charge in [0, 0.05) is 67.8 Å². The molecule has 2 aromatic heterocycles. The highest BCUT2D eigenvalue weighted by molar-refractivity contribution is 5.95. The average molecular weight is 468 g/mol. The Balaban J connectivity index is 1.21. The summed E-state index contributed by atoms with van der Waals surface area (Å²) < 4.78 is 0. The molecule has 0 spiro atoms. The topological polar surface area (TPSA) is 85.3 Å². The minimum Gasteiger partial charge on any atom is -0.368 e. The van der Waals surface area contributed by atoms with Gasteiger partial charge in [0.2, 0.25) is 0 Å². The summed E-state index contributed by atoms with van der Waals surface area (Å²) in [6.07, 6.45) is 7.24. The molecule has 6 rings (SSSR count). The first-order valence-electron chi connectivity index (χ1n) is 12.9. The Kier molecular flexibility index (Phi) is 5.79. The number of piperazine rings is 1. The normalized spacial score (nSPS) is 27.1. The van der Waals surface area contributed by atoms with E-state index in [1.807, 2.05) is 12.1 Å². The highest BCUT2D eigenvalue weighted by atomic mass is 15.3. The van der Waals surface area contributed by atoms with E-state index in [0.29, 0.717) is 23.6 Å². The second-order valence-electron chi connectivity index (χ2n) is 10.5. The Bertz CT molecular complexity index is 1250. The number of aromatic nitrogens is 2. The predicted octanol–water partition coefficient (Wildman–Crippen LogP) is 3.50. The van der Waals surface area contributed by atoms with Crippen LogP contribution in [0, 0.1) is 11.3 Å². The van der Waals surface area contributed by atoms with Gasteiger partial charge in [-0.15, -0.1) is 0 Å². The Morgan fingerprint density at radius 3 is 2.69 bits per heavy atom. The zero-order valence-corrected chi connectivity index (χ0v) is 20.3. The van der Waals surface area contributed by atoms with Gasteiger partial charge in [0.25, 0.3) is 0 Å². The molecule has 5 heterocycles. The first kappa shape index (κ1) is 22.3. The molecule has 0 saturated carbocycles. The molecule has 2 N–H and O–H groups in total. The number of nitriles is 1. The summed E-state index contributed by atoms with van der Waals surface area (Å²) in [6, 6.07) is 16.1. The maximum absolute atomic E-state index is 9.54. The third kappa shape index (κ3) is 4.11. The quantitative estimate of drug-likeness (QED) is 0.631. The van der Waals surface area contributed by atoms with E-state index in [1.165, 1.54) is 17.7 Å². The molecule has 0 aliphatic carbocycles. The van der Waals surface area contributed by atoms with E-state index in [0.717, 1.165) is 62.3 Å². The van der Waals surface area contributed by atoms with Crippen LogP contribution in [-0.4, -0.2) is 65.7 Å². The van der Waals surface area contributed by atoms with Crippen molar-refractivity contribution in [3.8, 4) is 6.07 Å². The van der Waals surface area contributed by atoms with Crippen molar-refractivity contribution in [1.82, 2.24) is 14.9 Å². The zero-order chi connectivity index (χ0) is 23.9. The fourth-order valence-electron chi connectivity index (χ4n) is 6.43. The molecule has 0 bridgehead atoms. The molecule has 3 aliphatic rings. The summed E-state index contributed by atoms with van der Waals surface area (Å²) in [5, 5.41) is 10.6. The molecule has 4 unspecified atom stereocenters. The Morgan fingerprint density at radius 2 is 1.91 bits per heavy atom. The summed E-state index contributed by atoms with van der Waals surface area (Å²) in [4.78, 5) is 16.8. The SMILES string of the molecule is CC1CN(c2ccc(C#N)c3ncccc23)CC2CC(c3ccc(N4CCC(N)C4)nc3)CCN12. The average Bonchev–Trinajstić information content (AvgIpc) is 3.34. The summed E-state index contributed by atoms with van der Waals surface area (Å²) in [5.41, 5.74) is 10.1. The second kappa shape index (κ2) is 9.10. The van der Waals surface area contributed by atoms with Gasteiger partial charge in [-0.25, -0.2) is 4.98 Å². The van der Waals surface area contributed by atoms with E-state index >= 15 is 0 Å². The Morgan fingerprint density at radius 1 is 1.00 bits per heavy atom. The number of rotatable bonds is 3. The Hall–Kier alpha value is -3.21. The number of piperidine rings is 1. The van der Waals surface area contributed by atoms with Gasteiger partial charge in [0.05, 0.1) is 11.1 Å². The van der Waals surface area contributed by atoms with Crippen molar-refractivity contribution < 1.29 is 0 Å². The molecule has 4 atom stereocenters. The van der Waals surface area contributed by atoms with Gasteiger partial charge in [-0.05, 0) is 74.5 Å². The van der Waals surface area contributed by atoms with Crippen LogP contribution in [-0.2, 0) is 0 Å². The van der Waals surface area contributed by atoms with Crippen molar-refractivity contribution >= 4 is 22.4 Å². The van der Waals surface area contributed by atoms with Crippen molar-refractivity contribution in [3.05, 3.63) is 59.9 Å². The number of hydrogen-bond donors (Lipinski definition) is 1. The summed E-state index contributed by atoms with van der Waals surface area (Å²) in [6.45, 7) is 7.37. The van der Waals surface area contributed by atoms with Gasteiger partial charge in [0.1, 0.15) is 11.9 Å². The van der Waals surface area contributed by atoms with Gasteiger partial charge in [-0.3, -0.25) is 9.88 Å². The minimum atomic E-state index is 0.265. The largest absolute Gasteiger partial charge is 0.368 e. The lowest BCUT2D eigenvalue weighted by atomic mass is 9.83. The number of hydrogen-bond acceptors (Lipinski definition) is 7. The number of nitrogens with two attached hydrogens (primary N) is 1. The van der Waals surface area contributed by atoms with Crippen LogP contribution >= 0.6 is 0 Å². The zero-order valence-electron chi connectivity index (χ0n) is 20.3. The van der Waals surface area contributed by atoms with Crippen LogP contribution in [0.1, 0.15) is 43.2 Å². The van der Waals surface area contributed by atoms with Crippen LogP contribution in [0.4, 0.5) is 11.5 Å². The molecule has 180 valence electrons. The summed E-state index contributed by atoms with van der Waals surface area (Å²) in [7, 11) is 0. The predicted molar refractivity (Wildman–Crippen MR) is 140 cm³/mol. The van der Waals surface area contributed by atoms with Crippen molar-refractivity contribution in [2.45, 2.75) is 50.2 Å². The standard InChI is InChI=1S/C28H33N7/c1-19-16-34(26-6-4-21(14-29)28-25(26)3-2-10-31-28)18-24-13-20(8-12-35(19)24)22-5-7-27(32-15-22)33-11-9-23(30)17-33/h2-7,10,15,19-20,23-24H,8-9,11-13,16-18,30H2,1H3. The molecule has 0 radical (unpaired) electrons. The van der Waals surface area contributed by atoms with Gasteiger partial charge >= 0.3 is 0 Å². The molecule has 0 amide bonds. The van der Waals surface area contributed by atoms with E-state index in [2.05, 4.69) is 63.1 Å². The van der Waals surface area contributed by atoms with E-state index in [1.54, 1.807) is 6.20 Å². The fourth-order valence-corrected chi connectivity index (χ4v) is 6.43. The number of nitrogens with zero attached hydrogens (tertiary/aromatic N) is 6. The highest BCUT2D eigenvalue weighted by Gasteiger charge is 2.37. The third-order valence-corrected chi connectivity index (χ3v) is 8.24. The highest BCUT2D eigenvalue weighted by Crippen LogP contribution is 2.37. The first-order valence-corrected chi connectivity index (χ1v) is 12.9. The van der Waals surface area contributed by atoms with Gasteiger partial charge < -0.3 is 15.5 Å². The molecule has 1 aromatic carbocycles. The number of benzene rings is 1. The third-order valence-electron chi connectivity index (χ3n) is 8.24. The molecule has 3 aliphatic heterocycles. The van der Waals surface area contributed by atoms with E-state index in [4.69, 9.17) is 10.7 Å². The molecule has 3 fully saturated rings. The molecule has 7 nitrogen and oxygen atoms in total. The number of pyridine rings is 2. The van der Waals surface area contributed by atoms with Gasteiger partial charge in [0.15, 0.2) is 0 Å². The van der Waals surface area contributed by atoms with Crippen LogP contribution in [0.5, 0.6) is 0 Å². The maximum atomic E-state index is 9.54. The van der Waals surface area contributed by atoms with Crippen LogP contribution in [0.15, 0.2) is 48.8 Å². The van der Waals surface area contributed by atoms with Crippen LogP contribution < -0.4 is 15.5 Å². The minimum absolute atomic E-state index is 0.265. The Labute approximate surface area is 207 Å². The van der Waals surface area contributed by atoms with Crippen LogP contribution in [0.3, 0.4) is 0 Å². The van der Waals surface area contributed by atoms with E-state index < -0.39 is 0 Å². The molecular formula is C28H33N7.